The number of halogens is 1. The van der Waals surface area contributed by atoms with Crippen molar-refractivity contribution in [2.24, 2.45) is 0 Å². The highest BCUT2D eigenvalue weighted by molar-refractivity contribution is 6.05. The molecule has 1 aromatic heterocycles. The summed E-state index contributed by atoms with van der Waals surface area (Å²) in [6.45, 7) is 0.678. The molecule has 1 aliphatic rings. The summed E-state index contributed by atoms with van der Waals surface area (Å²) in [5.41, 5.74) is 1.27. The molecule has 26 heavy (non-hydrogen) atoms. The van der Waals surface area contributed by atoms with Gasteiger partial charge < -0.3 is 5.32 Å². The smallest absolute Gasteiger partial charge is 0.261 e. The summed E-state index contributed by atoms with van der Waals surface area (Å²) >= 11 is 0. The number of anilines is 1. The zero-order chi connectivity index (χ0) is 18.1. The van der Waals surface area contributed by atoms with Crippen LogP contribution in [0.25, 0.3) is 10.9 Å². The van der Waals surface area contributed by atoms with Gasteiger partial charge in [0.1, 0.15) is 11.6 Å². The molecule has 2 heterocycles. The number of hydrogen-bond donors (Lipinski definition) is 1. The summed E-state index contributed by atoms with van der Waals surface area (Å²) in [5, 5.41) is 3.20. The summed E-state index contributed by atoms with van der Waals surface area (Å²) in [6, 6.07) is 10.6. The van der Waals surface area contributed by atoms with Crippen LogP contribution in [-0.2, 0) is 13.0 Å². The number of carbonyl (C=O) groups excluding carboxylic acids is 1. The van der Waals surface area contributed by atoms with Crippen LogP contribution < -0.4 is 10.9 Å². The number of benzene rings is 2. The Morgan fingerprint density at radius 1 is 1.12 bits per heavy atom. The van der Waals surface area contributed by atoms with E-state index in [9.17, 15) is 14.0 Å². The van der Waals surface area contributed by atoms with E-state index in [2.05, 4.69) is 10.3 Å². The lowest BCUT2D eigenvalue weighted by Crippen LogP contribution is -2.24. The van der Waals surface area contributed by atoms with E-state index in [0.717, 1.165) is 31.5 Å². The fourth-order valence-electron chi connectivity index (χ4n) is 3.33. The van der Waals surface area contributed by atoms with E-state index in [-0.39, 0.29) is 11.1 Å². The van der Waals surface area contributed by atoms with Crippen LogP contribution in [0.3, 0.4) is 0 Å². The van der Waals surface area contributed by atoms with Crippen molar-refractivity contribution in [2.75, 3.05) is 5.32 Å². The first-order valence-electron chi connectivity index (χ1n) is 8.72. The number of aromatic nitrogens is 2. The van der Waals surface area contributed by atoms with E-state index in [0.29, 0.717) is 23.1 Å². The lowest BCUT2D eigenvalue weighted by molar-refractivity contribution is 0.102. The lowest BCUT2D eigenvalue weighted by atomic mass is 10.1. The molecule has 3 aromatic rings. The van der Waals surface area contributed by atoms with Gasteiger partial charge in [0.2, 0.25) is 0 Å². The highest BCUT2D eigenvalue weighted by Gasteiger charge is 2.14. The topological polar surface area (TPSA) is 64.0 Å². The molecule has 1 aliphatic heterocycles. The Morgan fingerprint density at radius 3 is 2.85 bits per heavy atom. The van der Waals surface area contributed by atoms with E-state index < -0.39 is 11.7 Å². The molecule has 0 atom stereocenters. The molecule has 2 aromatic carbocycles. The Balaban J connectivity index is 1.70. The maximum absolute atomic E-state index is 13.3. The molecule has 0 fully saturated rings. The molecule has 0 radical (unpaired) electrons. The molecular weight excluding hydrogens is 333 g/mol. The van der Waals surface area contributed by atoms with E-state index >= 15 is 0 Å². The number of aryl methyl sites for hydroxylation is 1. The van der Waals surface area contributed by atoms with Crippen molar-refractivity contribution in [1.82, 2.24) is 9.55 Å². The number of hydrogen-bond acceptors (Lipinski definition) is 3. The second-order valence-corrected chi connectivity index (χ2v) is 6.49. The zero-order valence-corrected chi connectivity index (χ0v) is 14.2. The van der Waals surface area contributed by atoms with Gasteiger partial charge >= 0.3 is 0 Å². The van der Waals surface area contributed by atoms with Gasteiger partial charge in [0.15, 0.2) is 0 Å². The first kappa shape index (κ1) is 16.4. The number of nitrogens with one attached hydrogen (secondary N) is 1. The minimum atomic E-state index is -0.471. The second kappa shape index (κ2) is 6.71. The Bertz CT molecular complexity index is 1060. The summed E-state index contributed by atoms with van der Waals surface area (Å²) in [5.74, 6) is -0.0653. The number of amides is 1. The summed E-state index contributed by atoms with van der Waals surface area (Å²) in [7, 11) is 0. The van der Waals surface area contributed by atoms with Crippen molar-refractivity contribution < 1.29 is 9.18 Å². The first-order valence-corrected chi connectivity index (χ1v) is 8.72. The van der Waals surface area contributed by atoms with Crippen LogP contribution in [0.1, 0.15) is 35.4 Å². The predicted molar refractivity (Wildman–Crippen MR) is 97.9 cm³/mol. The van der Waals surface area contributed by atoms with E-state index in [1.165, 1.54) is 24.3 Å². The van der Waals surface area contributed by atoms with Crippen LogP contribution in [0.4, 0.5) is 10.1 Å². The highest BCUT2D eigenvalue weighted by atomic mass is 19.1. The maximum atomic E-state index is 13.3. The van der Waals surface area contributed by atoms with Crippen LogP contribution in [0.15, 0.2) is 47.3 Å². The summed E-state index contributed by atoms with van der Waals surface area (Å²) in [6.07, 6.45) is 3.91. The van der Waals surface area contributed by atoms with Gasteiger partial charge in [-0.25, -0.2) is 9.37 Å². The third-order valence-electron chi connectivity index (χ3n) is 4.66. The number of carbonyl (C=O) groups is 1. The van der Waals surface area contributed by atoms with E-state index in [1.54, 1.807) is 22.8 Å². The number of rotatable bonds is 2. The van der Waals surface area contributed by atoms with Gasteiger partial charge in [0.25, 0.3) is 11.5 Å². The van der Waals surface area contributed by atoms with Crippen molar-refractivity contribution in [3.63, 3.8) is 0 Å². The molecule has 0 aliphatic carbocycles. The third-order valence-corrected chi connectivity index (χ3v) is 4.66. The summed E-state index contributed by atoms with van der Waals surface area (Å²) in [4.78, 5) is 29.8. The zero-order valence-electron chi connectivity index (χ0n) is 14.2. The van der Waals surface area contributed by atoms with Crippen molar-refractivity contribution in [1.29, 1.82) is 0 Å². The second-order valence-electron chi connectivity index (χ2n) is 6.49. The predicted octanol–water partition coefficient (Wildman–Crippen LogP) is 3.51. The fraction of sp³-hybridized carbons (Fsp3) is 0.250. The SMILES string of the molecule is O=C(Nc1ccc2nc3n(c(=O)c2c1)CCCCC3)c1cccc(F)c1. The van der Waals surface area contributed by atoms with E-state index in [1.807, 2.05) is 0 Å². The first-order chi connectivity index (χ1) is 12.6. The Hall–Kier alpha value is -3.02. The minimum absolute atomic E-state index is 0.0752. The molecular formula is C20H18FN3O2. The average Bonchev–Trinajstić information content (AvgIpc) is 2.88. The van der Waals surface area contributed by atoms with Crippen LogP contribution in [0.5, 0.6) is 0 Å². The van der Waals surface area contributed by atoms with Crippen LogP contribution in [0, 0.1) is 5.82 Å². The molecule has 0 bridgehead atoms. The number of fused-ring (bicyclic) bond motifs is 2. The van der Waals surface area contributed by atoms with Crippen molar-refractivity contribution in [2.45, 2.75) is 32.2 Å². The van der Waals surface area contributed by atoms with Gasteiger partial charge in [-0.05, 0) is 49.2 Å². The van der Waals surface area contributed by atoms with Gasteiger partial charge in [-0.15, -0.1) is 0 Å². The van der Waals surface area contributed by atoms with Gasteiger partial charge in [-0.2, -0.15) is 0 Å². The molecule has 0 saturated heterocycles. The number of nitrogens with zero attached hydrogens (tertiary/aromatic N) is 2. The monoisotopic (exact) mass is 351 g/mol. The quantitative estimate of drug-likeness (QED) is 0.768. The molecule has 0 saturated carbocycles. The largest absolute Gasteiger partial charge is 0.322 e. The molecule has 1 amide bonds. The molecule has 1 N–H and O–H groups in total. The van der Waals surface area contributed by atoms with Crippen LogP contribution >= 0.6 is 0 Å². The maximum Gasteiger partial charge on any atom is 0.261 e. The summed E-state index contributed by atoms with van der Waals surface area (Å²) < 4.78 is 15.0. The molecule has 4 rings (SSSR count). The minimum Gasteiger partial charge on any atom is -0.322 e. The Morgan fingerprint density at radius 2 is 2.00 bits per heavy atom. The highest BCUT2D eigenvalue weighted by Crippen LogP contribution is 2.19. The Kier molecular flexibility index (Phi) is 4.24. The Labute approximate surface area is 149 Å². The van der Waals surface area contributed by atoms with Gasteiger partial charge in [-0.3, -0.25) is 14.2 Å². The molecule has 0 spiro atoms. The van der Waals surface area contributed by atoms with Crippen LogP contribution in [0.2, 0.25) is 0 Å². The van der Waals surface area contributed by atoms with Crippen molar-refractivity contribution in [3.8, 4) is 0 Å². The fourth-order valence-corrected chi connectivity index (χ4v) is 3.33. The van der Waals surface area contributed by atoms with Crippen LogP contribution in [-0.4, -0.2) is 15.5 Å². The third kappa shape index (κ3) is 3.10. The average molecular weight is 351 g/mol. The lowest BCUT2D eigenvalue weighted by Gasteiger charge is -2.11. The van der Waals surface area contributed by atoms with Gasteiger partial charge in [0.05, 0.1) is 10.9 Å². The van der Waals surface area contributed by atoms with Gasteiger partial charge in [0, 0.05) is 24.2 Å². The van der Waals surface area contributed by atoms with E-state index in [4.69, 9.17) is 0 Å². The van der Waals surface area contributed by atoms with Crippen molar-refractivity contribution >= 4 is 22.5 Å². The normalized spacial score (nSPS) is 13.9. The molecule has 132 valence electrons. The molecule has 0 unspecified atom stereocenters. The molecule has 5 nitrogen and oxygen atoms in total. The van der Waals surface area contributed by atoms with Crippen molar-refractivity contribution in [3.05, 3.63) is 70.0 Å². The standard InChI is InChI=1S/C20H18FN3O2/c21-14-6-4-5-13(11-14)19(25)22-15-8-9-17-16(12-15)20(26)24-10-3-1-2-7-18(24)23-17/h4-6,8-9,11-12H,1-3,7,10H2,(H,22,25). The van der Waals surface area contributed by atoms with Gasteiger partial charge in [-0.1, -0.05) is 12.5 Å². The molecule has 6 heteroatoms.